The molecule has 0 aliphatic carbocycles. The summed E-state index contributed by atoms with van der Waals surface area (Å²) in [6, 6.07) is 23.1. The Labute approximate surface area is 204 Å². The van der Waals surface area contributed by atoms with Crippen molar-refractivity contribution in [2.24, 2.45) is 0 Å². The van der Waals surface area contributed by atoms with Crippen LogP contribution in [0.15, 0.2) is 72.9 Å². The normalized spacial score (nSPS) is 14.6. The molecule has 2 heterocycles. The average molecular weight is 477 g/mol. The number of nitrogens with zero attached hydrogens (tertiary/aromatic N) is 3. The molecule has 4 nitrogen and oxygen atoms in total. The zero-order valence-corrected chi connectivity index (χ0v) is 20.1. The van der Waals surface area contributed by atoms with Crippen LogP contribution in [-0.2, 0) is 6.42 Å². The van der Waals surface area contributed by atoms with E-state index in [0.29, 0.717) is 10.0 Å². The SMILES string of the molecule is CN1CCN(c2ccc(-c3ccc(Cc4ncc(-c5ccc(Cl)cc5Cl)[nH]4)cc3)cc2)CC1. The van der Waals surface area contributed by atoms with Crippen molar-refractivity contribution in [2.45, 2.75) is 6.42 Å². The van der Waals surface area contributed by atoms with Gasteiger partial charge in [-0.3, -0.25) is 0 Å². The first-order valence-corrected chi connectivity index (χ1v) is 11.9. The molecular formula is C27H26Cl2N4. The van der Waals surface area contributed by atoms with Crippen LogP contribution in [0.3, 0.4) is 0 Å². The highest BCUT2D eigenvalue weighted by atomic mass is 35.5. The second-order valence-corrected chi connectivity index (χ2v) is 9.42. The molecule has 0 atom stereocenters. The number of hydrogen-bond acceptors (Lipinski definition) is 3. The van der Waals surface area contributed by atoms with E-state index >= 15 is 0 Å². The van der Waals surface area contributed by atoms with E-state index in [4.69, 9.17) is 23.2 Å². The summed E-state index contributed by atoms with van der Waals surface area (Å²) in [5, 5.41) is 1.23. The summed E-state index contributed by atoms with van der Waals surface area (Å²) in [7, 11) is 2.18. The summed E-state index contributed by atoms with van der Waals surface area (Å²) >= 11 is 12.3. The van der Waals surface area contributed by atoms with E-state index in [0.717, 1.165) is 49.7 Å². The van der Waals surface area contributed by atoms with Gasteiger partial charge in [0.15, 0.2) is 0 Å². The minimum absolute atomic E-state index is 0.612. The van der Waals surface area contributed by atoms with Crippen molar-refractivity contribution in [1.82, 2.24) is 14.9 Å². The van der Waals surface area contributed by atoms with Gasteiger partial charge in [-0.2, -0.15) is 0 Å². The van der Waals surface area contributed by atoms with Crippen molar-refractivity contribution in [3.63, 3.8) is 0 Å². The smallest absolute Gasteiger partial charge is 0.110 e. The Morgan fingerprint density at radius 1 is 0.848 bits per heavy atom. The van der Waals surface area contributed by atoms with Gasteiger partial charge in [0, 0.05) is 48.9 Å². The molecule has 1 fully saturated rings. The highest BCUT2D eigenvalue weighted by molar-refractivity contribution is 6.36. The molecule has 0 bridgehead atoms. The number of H-pyrrole nitrogens is 1. The minimum Gasteiger partial charge on any atom is -0.369 e. The third kappa shape index (κ3) is 5.09. The molecule has 0 saturated carbocycles. The largest absolute Gasteiger partial charge is 0.369 e. The number of hydrogen-bond donors (Lipinski definition) is 1. The summed E-state index contributed by atoms with van der Waals surface area (Å²) in [4.78, 5) is 12.8. The van der Waals surface area contributed by atoms with E-state index in [2.05, 4.69) is 75.3 Å². The Balaban J connectivity index is 1.25. The molecule has 0 radical (unpaired) electrons. The topological polar surface area (TPSA) is 35.2 Å². The van der Waals surface area contributed by atoms with Crippen LogP contribution in [0, 0.1) is 0 Å². The maximum atomic E-state index is 6.33. The summed E-state index contributed by atoms with van der Waals surface area (Å²) in [6.07, 6.45) is 2.55. The van der Waals surface area contributed by atoms with Gasteiger partial charge < -0.3 is 14.8 Å². The maximum absolute atomic E-state index is 6.33. The predicted molar refractivity (Wildman–Crippen MR) is 138 cm³/mol. The number of aromatic nitrogens is 2. The first-order valence-electron chi connectivity index (χ1n) is 11.2. The number of halogens is 2. The molecule has 1 aliphatic heterocycles. The maximum Gasteiger partial charge on any atom is 0.110 e. The third-order valence-electron chi connectivity index (χ3n) is 6.24. The fraction of sp³-hybridized carbons (Fsp3) is 0.222. The van der Waals surface area contributed by atoms with E-state index in [-0.39, 0.29) is 0 Å². The number of imidazole rings is 1. The van der Waals surface area contributed by atoms with Gasteiger partial charge in [0.1, 0.15) is 5.82 Å². The van der Waals surface area contributed by atoms with E-state index in [1.807, 2.05) is 18.3 Å². The number of likely N-dealkylation sites (N-methyl/N-ethyl adjacent to an activating group) is 1. The molecule has 33 heavy (non-hydrogen) atoms. The van der Waals surface area contributed by atoms with E-state index in [1.54, 1.807) is 6.07 Å². The molecule has 5 rings (SSSR count). The minimum atomic E-state index is 0.612. The summed E-state index contributed by atoms with van der Waals surface area (Å²) in [5.41, 5.74) is 6.75. The molecule has 0 amide bonds. The molecule has 1 saturated heterocycles. The lowest BCUT2D eigenvalue weighted by Gasteiger charge is -2.34. The lowest BCUT2D eigenvalue weighted by Crippen LogP contribution is -2.44. The first-order chi connectivity index (χ1) is 16.0. The van der Waals surface area contributed by atoms with Crippen molar-refractivity contribution in [2.75, 3.05) is 38.1 Å². The van der Waals surface area contributed by atoms with Crippen molar-refractivity contribution in [3.05, 3.63) is 94.4 Å². The fourth-order valence-electron chi connectivity index (χ4n) is 4.23. The third-order valence-corrected chi connectivity index (χ3v) is 6.79. The zero-order chi connectivity index (χ0) is 22.8. The van der Waals surface area contributed by atoms with Gasteiger partial charge in [-0.1, -0.05) is 59.6 Å². The molecule has 3 aromatic carbocycles. The second kappa shape index (κ2) is 9.60. The Kier molecular flexibility index (Phi) is 6.41. The lowest BCUT2D eigenvalue weighted by atomic mass is 10.0. The zero-order valence-electron chi connectivity index (χ0n) is 18.6. The van der Waals surface area contributed by atoms with Crippen molar-refractivity contribution in [1.29, 1.82) is 0 Å². The Morgan fingerprint density at radius 2 is 1.52 bits per heavy atom. The number of piperazine rings is 1. The standard InChI is InChI=1S/C27H26Cl2N4/c1-32-12-14-33(15-13-32)23-9-6-21(7-10-23)20-4-2-19(3-5-20)16-27-30-18-26(31-27)24-11-8-22(28)17-25(24)29/h2-11,17-18H,12-16H2,1H3,(H,30,31). The van der Waals surface area contributed by atoms with Gasteiger partial charge in [0.25, 0.3) is 0 Å². The van der Waals surface area contributed by atoms with Gasteiger partial charge in [-0.05, 0) is 54.1 Å². The quantitative estimate of drug-likeness (QED) is 0.362. The summed E-state index contributed by atoms with van der Waals surface area (Å²) in [6.45, 7) is 4.41. The van der Waals surface area contributed by atoms with Gasteiger partial charge in [0.2, 0.25) is 0 Å². The number of rotatable bonds is 5. The average Bonchev–Trinajstić information content (AvgIpc) is 3.28. The first kappa shape index (κ1) is 22.0. The fourth-order valence-corrected chi connectivity index (χ4v) is 4.75. The van der Waals surface area contributed by atoms with Crippen LogP contribution >= 0.6 is 23.2 Å². The predicted octanol–water partition coefficient (Wildman–Crippen LogP) is 6.39. The summed E-state index contributed by atoms with van der Waals surface area (Å²) < 4.78 is 0. The van der Waals surface area contributed by atoms with Crippen molar-refractivity contribution >= 4 is 28.9 Å². The van der Waals surface area contributed by atoms with Crippen LogP contribution in [0.1, 0.15) is 11.4 Å². The van der Waals surface area contributed by atoms with Crippen LogP contribution in [-0.4, -0.2) is 48.1 Å². The molecular weight excluding hydrogens is 451 g/mol. The molecule has 6 heteroatoms. The Bertz CT molecular complexity index is 1220. The molecule has 168 valence electrons. The van der Waals surface area contributed by atoms with Gasteiger partial charge in [-0.25, -0.2) is 4.98 Å². The van der Waals surface area contributed by atoms with Crippen LogP contribution in [0.4, 0.5) is 5.69 Å². The van der Waals surface area contributed by atoms with E-state index < -0.39 is 0 Å². The van der Waals surface area contributed by atoms with Gasteiger partial charge >= 0.3 is 0 Å². The Morgan fingerprint density at radius 3 is 2.18 bits per heavy atom. The number of anilines is 1. The van der Waals surface area contributed by atoms with Crippen LogP contribution in [0.2, 0.25) is 10.0 Å². The highest BCUT2D eigenvalue weighted by Crippen LogP contribution is 2.29. The molecule has 1 aliphatic rings. The number of nitrogens with one attached hydrogen (secondary N) is 1. The van der Waals surface area contributed by atoms with Gasteiger partial charge in [0.05, 0.1) is 16.9 Å². The van der Waals surface area contributed by atoms with E-state index in [1.165, 1.54) is 22.4 Å². The lowest BCUT2D eigenvalue weighted by molar-refractivity contribution is 0.313. The van der Waals surface area contributed by atoms with Crippen LogP contribution in [0.25, 0.3) is 22.4 Å². The molecule has 0 unspecified atom stereocenters. The van der Waals surface area contributed by atoms with Gasteiger partial charge in [-0.15, -0.1) is 0 Å². The molecule has 1 N–H and O–H groups in total. The molecule has 0 spiro atoms. The molecule has 4 aromatic rings. The summed E-state index contributed by atoms with van der Waals surface area (Å²) in [5.74, 6) is 0.903. The van der Waals surface area contributed by atoms with Crippen molar-refractivity contribution in [3.8, 4) is 22.4 Å². The second-order valence-electron chi connectivity index (χ2n) is 8.58. The molecule has 1 aromatic heterocycles. The van der Waals surface area contributed by atoms with Crippen molar-refractivity contribution < 1.29 is 0 Å². The van der Waals surface area contributed by atoms with Crippen LogP contribution < -0.4 is 4.90 Å². The highest BCUT2D eigenvalue weighted by Gasteiger charge is 2.14. The van der Waals surface area contributed by atoms with E-state index in [9.17, 15) is 0 Å². The number of benzene rings is 3. The Hall–Kier alpha value is -2.79. The monoisotopic (exact) mass is 476 g/mol. The van der Waals surface area contributed by atoms with Crippen LogP contribution in [0.5, 0.6) is 0 Å². The number of aromatic amines is 1.